The fraction of sp³-hybridized carbons (Fsp3) is 0.267. The van der Waals surface area contributed by atoms with Crippen LogP contribution in [0.3, 0.4) is 0 Å². The number of hydrogen-bond acceptors (Lipinski definition) is 4. The highest BCUT2D eigenvalue weighted by Crippen LogP contribution is 2.28. The summed E-state index contributed by atoms with van der Waals surface area (Å²) in [5.74, 6) is 0.814. The van der Waals surface area contributed by atoms with Crippen LogP contribution >= 0.6 is 11.8 Å². The molecule has 0 saturated heterocycles. The van der Waals surface area contributed by atoms with E-state index in [0.717, 1.165) is 15.2 Å². The van der Waals surface area contributed by atoms with E-state index in [1.807, 2.05) is 0 Å². The molecule has 3 rings (SSSR count). The molecule has 0 radical (unpaired) electrons. The van der Waals surface area contributed by atoms with Gasteiger partial charge in [0.25, 0.3) is 5.56 Å². The number of aliphatic imine (C=N–C) groups is 1. The molecule has 1 aliphatic heterocycles. The van der Waals surface area contributed by atoms with E-state index in [2.05, 4.69) is 4.99 Å². The van der Waals surface area contributed by atoms with Crippen molar-refractivity contribution in [2.45, 2.75) is 12.2 Å². The Bertz CT molecular complexity index is 881. The van der Waals surface area contributed by atoms with Gasteiger partial charge in [-0.2, -0.15) is 0 Å². The van der Waals surface area contributed by atoms with Crippen LogP contribution in [0.25, 0.3) is 0 Å². The number of aromatic nitrogens is 2. The summed E-state index contributed by atoms with van der Waals surface area (Å²) in [6, 6.07) is 6.28. The van der Waals surface area contributed by atoms with Crippen LogP contribution in [0, 0.1) is 5.82 Å². The lowest BCUT2D eigenvalue weighted by atomic mass is 10.2. The normalized spacial score (nSPS) is 13.1. The van der Waals surface area contributed by atoms with Crippen molar-refractivity contribution in [1.82, 2.24) is 9.13 Å². The third-order valence-corrected chi connectivity index (χ3v) is 4.65. The highest BCUT2D eigenvalue weighted by Gasteiger charge is 2.23. The molecule has 0 fully saturated rings. The standard InChI is InChI=1S/C15H14FN3O2S/c1-18-13-11(14(20)19(2)15(18)21)7-12(17-13)22-8-9-3-5-10(16)6-4-9/h3-6H,7-8H2,1-2H3. The van der Waals surface area contributed by atoms with Crippen molar-refractivity contribution in [1.29, 1.82) is 0 Å². The molecule has 0 bridgehead atoms. The van der Waals surface area contributed by atoms with Crippen LogP contribution in [0.1, 0.15) is 11.1 Å². The summed E-state index contributed by atoms with van der Waals surface area (Å²) in [4.78, 5) is 28.4. The lowest BCUT2D eigenvalue weighted by Crippen LogP contribution is -2.38. The second kappa shape index (κ2) is 5.57. The Morgan fingerprint density at radius 3 is 2.55 bits per heavy atom. The van der Waals surface area contributed by atoms with Crippen molar-refractivity contribution in [3.05, 3.63) is 62.0 Å². The Morgan fingerprint density at radius 2 is 1.86 bits per heavy atom. The Morgan fingerprint density at radius 1 is 1.18 bits per heavy atom. The summed E-state index contributed by atoms with van der Waals surface area (Å²) >= 11 is 1.49. The number of thioether (sulfide) groups is 1. The number of hydrogen-bond donors (Lipinski definition) is 0. The predicted octanol–water partition coefficient (Wildman–Crippen LogP) is 1.74. The molecule has 0 atom stereocenters. The quantitative estimate of drug-likeness (QED) is 0.847. The van der Waals surface area contributed by atoms with Crippen molar-refractivity contribution in [3.8, 4) is 0 Å². The van der Waals surface area contributed by atoms with Crippen molar-refractivity contribution in [3.63, 3.8) is 0 Å². The number of rotatable bonds is 2. The van der Waals surface area contributed by atoms with Gasteiger partial charge in [-0.15, -0.1) is 11.8 Å². The number of halogens is 1. The Labute approximate surface area is 130 Å². The first kappa shape index (κ1) is 14.8. The lowest BCUT2D eigenvalue weighted by molar-refractivity contribution is 0.627. The molecule has 0 unspecified atom stereocenters. The molecule has 2 aromatic rings. The molecule has 2 heterocycles. The van der Waals surface area contributed by atoms with E-state index >= 15 is 0 Å². The van der Waals surface area contributed by atoms with Crippen LogP contribution < -0.4 is 11.2 Å². The van der Waals surface area contributed by atoms with Gasteiger partial charge in [0.15, 0.2) is 0 Å². The fourth-order valence-corrected chi connectivity index (χ4v) is 3.26. The highest BCUT2D eigenvalue weighted by molar-refractivity contribution is 8.13. The topological polar surface area (TPSA) is 56.4 Å². The van der Waals surface area contributed by atoms with E-state index in [1.54, 1.807) is 19.2 Å². The fourth-order valence-electron chi connectivity index (χ4n) is 2.34. The Balaban J connectivity index is 1.83. The summed E-state index contributed by atoms with van der Waals surface area (Å²) < 4.78 is 15.4. The van der Waals surface area contributed by atoms with Gasteiger partial charge in [0, 0.05) is 26.3 Å². The summed E-state index contributed by atoms with van der Waals surface area (Å²) in [5.41, 5.74) is 0.856. The first-order chi connectivity index (χ1) is 10.5. The largest absolute Gasteiger partial charge is 0.332 e. The molecule has 1 aromatic carbocycles. The molecule has 0 saturated carbocycles. The van der Waals surface area contributed by atoms with E-state index in [1.165, 1.54) is 35.5 Å². The maximum Gasteiger partial charge on any atom is 0.332 e. The third kappa shape index (κ3) is 2.52. The van der Waals surface area contributed by atoms with Gasteiger partial charge in [-0.1, -0.05) is 12.1 Å². The van der Waals surface area contributed by atoms with Crippen molar-refractivity contribution < 1.29 is 4.39 Å². The van der Waals surface area contributed by atoms with Gasteiger partial charge in [0.1, 0.15) is 11.6 Å². The smallest absolute Gasteiger partial charge is 0.281 e. The van der Waals surface area contributed by atoms with E-state index in [-0.39, 0.29) is 17.1 Å². The molecule has 5 nitrogen and oxygen atoms in total. The van der Waals surface area contributed by atoms with Gasteiger partial charge in [-0.25, -0.2) is 14.2 Å². The Hall–Kier alpha value is -2.15. The van der Waals surface area contributed by atoms with Gasteiger partial charge in [0.2, 0.25) is 0 Å². The number of benzene rings is 1. The van der Waals surface area contributed by atoms with Crippen LogP contribution in [0.5, 0.6) is 0 Å². The van der Waals surface area contributed by atoms with Crippen LogP contribution in [0.15, 0.2) is 38.8 Å². The number of fused-ring (bicyclic) bond motifs is 1. The molecule has 114 valence electrons. The molecule has 7 heteroatoms. The monoisotopic (exact) mass is 319 g/mol. The zero-order chi connectivity index (χ0) is 15.9. The minimum Gasteiger partial charge on any atom is -0.281 e. The molecule has 0 aliphatic carbocycles. The average Bonchev–Trinajstić information content (AvgIpc) is 2.95. The molecule has 0 amide bonds. The van der Waals surface area contributed by atoms with Crippen LogP contribution in [-0.2, 0) is 26.3 Å². The summed E-state index contributed by atoms with van der Waals surface area (Å²) in [6.45, 7) is 0. The van der Waals surface area contributed by atoms with Gasteiger partial charge in [-0.3, -0.25) is 13.9 Å². The highest BCUT2D eigenvalue weighted by atomic mass is 32.2. The molecular weight excluding hydrogens is 305 g/mol. The molecule has 22 heavy (non-hydrogen) atoms. The number of nitrogens with zero attached hydrogens (tertiary/aromatic N) is 3. The van der Waals surface area contributed by atoms with Gasteiger partial charge in [0.05, 0.1) is 10.6 Å². The van der Waals surface area contributed by atoms with Crippen molar-refractivity contribution in [2.75, 3.05) is 0 Å². The van der Waals surface area contributed by atoms with E-state index < -0.39 is 0 Å². The summed E-state index contributed by atoms with van der Waals surface area (Å²) in [7, 11) is 3.08. The van der Waals surface area contributed by atoms with Crippen LogP contribution in [0.4, 0.5) is 10.2 Å². The van der Waals surface area contributed by atoms with E-state index in [9.17, 15) is 14.0 Å². The Kier molecular flexibility index (Phi) is 3.74. The van der Waals surface area contributed by atoms with E-state index in [4.69, 9.17) is 0 Å². The first-order valence-electron chi connectivity index (χ1n) is 6.71. The minimum absolute atomic E-state index is 0.266. The zero-order valence-electron chi connectivity index (χ0n) is 12.2. The van der Waals surface area contributed by atoms with Gasteiger partial charge in [-0.05, 0) is 17.7 Å². The van der Waals surface area contributed by atoms with Gasteiger partial charge < -0.3 is 0 Å². The van der Waals surface area contributed by atoms with Crippen LogP contribution in [-0.4, -0.2) is 14.2 Å². The zero-order valence-corrected chi connectivity index (χ0v) is 13.0. The first-order valence-corrected chi connectivity index (χ1v) is 7.69. The second-order valence-corrected chi connectivity index (χ2v) is 6.15. The molecule has 0 N–H and O–H groups in total. The summed E-state index contributed by atoms with van der Waals surface area (Å²) in [6.07, 6.45) is 0.433. The maximum atomic E-state index is 12.9. The summed E-state index contributed by atoms with van der Waals surface area (Å²) in [5, 5.41) is 0.789. The SMILES string of the molecule is Cn1c2c(c(=O)n(C)c1=O)CC(SCc1ccc(F)cc1)=N2. The molecule has 1 aliphatic rings. The lowest BCUT2D eigenvalue weighted by Gasteiger charge is -2.05. The average molecular weight is 319 g/mol. The molecule has 1 aromatic heterocycles. The predicted molar refractivity (Wildman–Crippen MR) is 85.4 cm³/mol. The molecular formula is C15H14FN3O2S. The van der Waals surface area contributed by atoms with Crippen molar-refractivity contribution in [2.24, 2.45) is 19.1 Å². The van der Waals surface area contributed by atoms with E-state index in [0.29, 0.717) is 23.6 Å². The maximum absolute atomic E-state index is 12.9. The third-order valence-electron chi connectivity index (χ3n) is 3.60. The molecule has 0 spiro atoms. The minimum atomic E-state index is -0.378. The second-order valence-electron chi connectivity index (χ2n) is 5.11. The van der Waals surface area contributed by atoms with Gasteiger partial charge >= 0.3 is 5.69 Å². The van der Waals surface area contributed by atoms with Crippen molar-refractivity contribution >= 4 is 22.6 Å². The van der Waals surface area contributed by atoms with Crippen LogP contribution in [0.2, 0.25) is 0 Å².